The average Bonchev–Trinajstić information content (AvgIpc) is 3.10. The fourth-order valence-electron chi connectivity index (χ4n) is 3.03. The highest BCUT2D eigenvalue weighted by molar-refractivity contribution is 5.91. The smallest absolute Gasteiger partial charge is 0.271 e. The SMILES string of the molecule is O=C(NC[C@@H]1OCCc2cn(Cc3ccccc3)nc21)c1cnccn1. The lowest BCUT2D eigenvalue weighted by molar-refractivity contribution is 0.0383. The van der Waals surface area contributed by atoms with Crippen LogP contribution >= 0.6 is 0 Å². The van der Waals surface area contributed by atoms with Gasteiger partial charge in [-0.25, -0.2) is 4.98 Å². The van der Waals surface area contributed by atoms with Gasteiger partial charge in [-0.3, -0.25) is 14.5 Å². The number of rotatable bonds is 5. The Morgan fingerprint density at radius 1 is 1.27 bits per heavy atom. The predicted octanol–water partition coefficient (Wildman–Crippen LogP) is 1.77. The molecule has 3 aromatic rings. The zero-order valence-electron chi connectivity index (χ0n) is 14.2. The van der Waals surface area contributed by atoms with Crippen molar-refractivity contribution in [1.29, 1.82) is 0 Å². The number of nitrogens with zero attached hydrogens (tertiary/aromatic N) is 4. The molecule has 0 radical (unpaired) electrons. The topological polar surface area (TPSA) is 81.9 Å². The van der Waals surface area contributed by atoms with E-state index in [4.69, 9.17) is 9.84 Å². The van der Waals surface area contributed by atoms with Crippen molar-refractivity contribution in [3.63, 3.8) is 0 Å². The Hall–Kier alpha value is -3.06. The molecule has 0 unspecified atom stereocenters. The van der Waals surface area contributed by atoms with Crippen molar-refractivity contribution in [2.24, 2.45) is 0 Å². The van der Waals surface area contributed by atoms with Crippen LogP contribution in [0.1, 0.15) is 33.4 Å². The van der Waals surface area contributed by atoms with Crippen molar-refractivity contribution < 1.29 is 9.53 Å². The van der Waals surface area contributed by atoms with Crippen molar-refractivity contribution in [3.05, 3.63) is 77.6 Å². The molecule has 3 heterocycles. The molecule has 1 aliphatic rings. The van der Waals surface area contributed by atoms with E-state index in [1.807, 2.05) is 22.9 Å². The van der Waals surface area contributed by atoms with E-state index in [0.29, 0.717) is 19.7 Å². The third-order valence-corrected chi connectivity index (χ3v) is 4.30. The van der Waals surface area contributed by atoms with Crippen LogP contribution in [-0.4, -0.2) is 38.8 Å². The van der Waals surface area contributed by atoms with Crippen molar-refractivity contribution in [1.82, 2.24) is 25.1 Å². The van der Waals surface area contributed by atoms with Gasteiger partial charge in [0.2, 0.25) is 0 Å². The predicted molar refractivity (Wildman–Crippen MR) is 94.5 cm³/mol. The first kappa shape index (κ1) is 16.4. The van der Waals surface area contributed by atoms with Crippen LogP contribution in [0.2, 0.25) is 0 Å². The number of carbonyl (C=O) groups excluding carboxylic acids is 1. The highest BCUT2D eigenvalue weighted by atomic mass is 16.5. The summed E-state index contributed by atoms with van der Waals surface area (Å²) in [4.78, 5) is 20.1. The number of amides is 1. The van der Waals surface area contributed by atoms with Crippen molar-refractivity contribution in [3.8, 4) is 0 Å². The molecule has 2 aromatic heterocycles. The lowest BCUT2D eigenvalue weighted by atomic mass is 10.1. The van der Waals surface area contributed by atoms with Gasteiger partial charge in [-0.2, -0.15) is 5.10 Å². The quantitative estimate of drug-likeness (QED) is 0.759. The van der Waals surface area contributed by atoms with Gasteiger partial charge in [-0.05, 0) is 17.5 Å². The number of fused-ring (bicyclic) bond motifs is 1. The largest absolute Gasteiger partial charge is 0.370 e. The molecule has 0 saturated heterocycles. The van der Waals surface area contributed by atoms with Crippen LogP contribution in [0.25, 0.3) is 0 Å². The van der Waals surface area contributed by atoms with Gasteiger partial charge < -0.3 is 10.1 Å². The summed E-state index contributed by atoms with van der Waals surface area (Å²) in [6, 6.07) is 10.2. The van der Waals surface area contributed by atoms with Crippen molar-refractivity contribution in [2.75, 3.05) is 13.2 Å². The van der Waals surface area contributed by atoms with Crippen molar-refractivity contribution >= 4 is 5.91 Å². The first-order valence-electron chi connectivity index (χ1n) is 8.55. The van der Waals surface area contributed by atoms with Gasteiger partial charge in [-0.15, -0.1) is 0 Å². The van der Waals surface area contributed by atoms with E-state index in [-0.39, 0.29) is 17.7 Å². The third-order valence-electron chi connectivity index (χ3n) is 4.30. The Morgan fingerprint density at radius 3 is 2.96 bits per heavy atom. The summed E-state index contributed by atoms with van der Waals surface area (Å²) in [5, 5.41) is 7.54. The van der Waals surface area contributed by atoms with Crippen LogP contribution in [0.4, 0.5) is 0 Å². The van der Waals surface area contributed by atoms with E-state index >= 15 is 0 Å². The Bertz CT molecular complexity index is 879. The molecule has 1 aliphatic heterocycles. The Morgan fingerprint density at radius 2 is 2.15 bits per heavy atom. The van der Waals surface area contributed by atoms with Crippen LogP contribution in [0, 0.1) is 0 Å². The average molecular weight is 349 g/mol. The summed E-state index contributed by atoms with van der Waals surface area (Å²) in [5.41, 5.74) is 3.55. The molecule has 0 spiro atoms. The molecule has 7 nitrogen and oxygen atoms in total. The molecule has 1 atom stereocenters. The number of aromatic nitrogens is 4. The van der Waals surface area contributed by atoms with Crippen LogP contribution < -0.4 is 5.32 Å². The van der Waals surface area contributed by atoms with Gasteiger partial charge in [0.1, 0.15) is 11.8 Å². The number of benzene rings is 1. The number of ether oxygens (including phenoxy) is 1. The summed E-state index contributed by atoms with van der Waals surface area (Å²) >= 11 is 0. The van der Waals surface area contributed by atoms with Crippen molar-refractivity contribution in [2.45, 2.75) is 19.1 Å². The van der Waals surface area contributed by atoms with Crippen LogP contribution in [0.5, 0.6) is 0 Å². The Kier molecular flexibility index (Phi) is 4.70. The van der Waals surface area contributed by atoms with E-state index in [1.165, 1.54) is 29.7 Å². The minimum absolute atomic E-state index is 0.253. The normalized spacial score (nSPS) is 16.1. The summed E-state index contributed by atoms with van der Waals surface area (Å²) in [6.45, 7) is 1.69. The first-order chi connectivity index (χ1) is 12.8. The van der Waals surface area contributed by atoms with E-state index < -0.39 is 0 Å². The monoisotopic (exact) mass is 349 g/mol. The molecule has 0 fully saturated rings. The second-order valence-electron chi connectivity index (χ2n) is 6.13. The van der Waals surface area contributed by atoms with Gasteiger partial charge >= 0.3 is 0 Å². The second kappa shape index (κ2) is 7.45. The summed E-state index contributed by atoms with van der Waals surface area (Å²) in [5.74, 6) is -0.266. The molecule has 7 heteroatoms. The minimum Gasteiger partial charge on any atom is -0.370 e. The third kappa shape index (κ3) is 3.62. The number of hydrogen-bond acceptors (Lipinski definition) is 5. The maximum Gasteiger partial charge on any atom is 0.271 e. The van der Waals surface area contributed by atoms with E-state index in [0.717, 1.165) is 12.1 Å². The molecule has 26 heavy (non-hydrogen) atoms. The Balaban J connectivity index is 1.44. The molecule has 1 aromatic carbocycles. The second-order valence-corrected chi connectivity index (χ2v) is 6.13. The van der Waals surface area contributed by atoms with E-state index in [2.05, 4.69) is 33.6 Å². The van der Waals surface area contributed by atoms with E-state index in [1.54, 1.807) is 0 Å². The van der Waals surface area contributed by atoms with Gasteiger partial charge in [0.15, 0.2) is 0 Å². The highest BCUT2D eigenvalue weighted by Crippen LogP contribution is 2.25. The number of carbonyl (C=O) groups is 1. The number of nitrogens with one attached hydrogen (secondary N) is 1. The molecule has 1 amide bonds. The fraction of sp³-hybridized carbons (Fsp3) is 0.263. The zero-order valence-corrected chi connectivity index (χ0v) is 14.2. The van der Waals surface area contributed by atoms with Crippen LogP contribution in [0.3, 0.4) is 0 Å². The fourth-order valence-corrected chi connectivity index (χ4v) is 3.03. The molecule has 0 aliphatic carbocycles. The van der Waals surface area contributed by atoms with Crippen LogP contribution in [-0.2, 0) is 17.7 Å². The minimum atomic E-state index is -0.266. The standard InChI is InChI=1S/C19H19N5O2/c25-19(16-10-20-7-8-21-16)22-11-17-18-15(6-9-26-17)13-24(23-18)12-14-4-2-1-3-5-14/h1-5,7-8,10,13,17H,6,9,11-12H2,(H,22,25)/t17-/m0/s1. The zero-order chi connectivity index (χ0) is 17.8. The molecule has 132 valence electrons. The maximum atomic E-state index is 12.2. The molecular formula is C19H19N5O2. The lowest BCUT2D eigenvalue weighted by Gasteiger charge is -2.22. The Labute approximate surface area is 151 Å². The molecule has 4 rings (SSSR count). The van der Waals surface area contributed by atoms with Gasteiger partial charge in [0.05, 0.1) is 25.0 Å². The maximum absolute atomic E-state index is 12.2. The number of hydrogen-bond donors (Lipinski definition) is 1. The molecule has 1 N–H and O–H groups in total. The van der Waals surface area contributed by atoms with Crippen LogP contribution in [0.15, 0.2) is 55.1 Å². The lowest BCUT2D eigenvalue weighted by Crippen LogP contribution is -2.32. The summed E-state index contributed by atoms with van der Waals surface area (Å²) in [7, 11) is 0. The summed E-state index contributed by atoms with van der Waals surface area (Å²) < 4.78 is 7.76. The highest BCUT2D eigenvalue weighted by Gasteiger charge is 2.25. The van der Waals surface area contributed by atoms with E-state index in [9.17, 15) is 4.79 Å². The van der Waals surface area contributed by atoms with Gasteiger partial charge in [0, 0.05) is 25.1 Å². The molecule has 0 bridgehead atoms. The van der Waals surface area contributed by atoms with Gasteiger partial charge in [0.25, 0.3) is 5.91 Å². The van der Waals surface area contributed by atoms with Gasteiger partial charge in [-0.1, -0.05) is 30.3 Å². The molecule has 0 saturated carbocycles. The molecular weight excluding hydrogens is 330 g/mol. The summed E-state index contributed by atoms with van der Waals surface area (Å²) in [6.07, 6.45) is 7.12. The first-order valence-corrected chi connectivity index (χ1v) is 8.55.